The Morgan fingerprint density at radius 2 is 1.95 bits per heavy atom. The molecule has 1 atom stereocenters. The number of benzene rings is 2. The third-order valence-corrected chi connectivity index (χ3v) is 4.01. The molecule has 0 aliphatic carbocycles. The zero-order valence-electron chi connectivity index (χ0n) is 11.4. The third kappa shape index (κ3) is 4.12. The minimum atomic E-state index is -0.949. The molecule has 0 bridgehead atoms. The van der Waals surface area contributed by atoms with Crippen LogP contribution in [-0.4, -0.2) is 11.1 Å². The largest absolute Gasteiger partial charge is 0.478 e. The van der Waals surface area contributed by atoms with E-state index < -0.39 is 5.97 Å². The number of rotatable bonds is 5. The van der Waals surface area contributed by atoms with Crippen LogP contribution in [-0.2, 0) is 6.54 Å². The highest BCUT2D eigenvalue weighted by Crippen LogP contribution is 2.20. The fourth-order valence-corrected chi connectivity index (χ4v) is 2.48. The molecule has 3 nitrogen and oxygen atoms in total. The van der Waals surface area contributed by atoms with Gasteiger partial charge in [-0.2, -0.15) is 0 Å². The Labute approximate surface area is 130 Å². The van der Waals surface area contributed by atoms with Crippen molar-refractivity contribution in [3.63, 3.8) is 0 Å². The van der Waals surface area contributed by atoms with Crippen LogP contribution in [0, 0.1) is 5.82 Å². The van der Waals surface area contributed by atoms with E-state index in [1.165, 1.54) is 12.1 Å². The Kier molecular flexibility index (Phi) is 5.09. The van der Waals surface area contributed by atoms with Gasteiger partial charge < -0.3 is 10.4 Å². The Hall–Kier alpha value is -1.72. The predicted octanol–water partition coefficient (Wildman–Crippen LogP) is 4.14. The molecule has 2 aromatic rings. The van der Waals surface area contributed by atoms with Crippen molar-refractivity contribution in [1.82, 2.24) is 5.32 Å². The number of hydrogen-bond donors (Lipinski definition) is 2. The SMILES string of the molecule is C[C@H](NCc1ccc(C(=O)O)cc1Br)c1ccc(F)cc1. The summed E-state index contributed by atoms with van der Waals surface area (Å²) in [5, 5.41) is 12.2. The van der Waals surface area contributed by atoms with E-state index in [1.807, 2.05) is 6.92 Å². The van der Waals surface area contributed by atoms with Crippen LogP contribution in [0.5, 0.6) is 0 Å². The lowest BCUT2D eigenvalue weighted by molar-refractivity contribution is 0.0697. The van der Waals surface area contributed by atoms with Crippen molar-refractivity contribution in [1.29, 1.82) is 0 Å². The topological polar surface area (TPSA) is 49.3 Å². The minimum absolute atomic E-state index is 0.0663. The van der Waals surface area contributed by atoms with Gasteiger partial charge in [0.05, 0.1) is 5.56 Å². The zero-order chi connectivity index (χ0) is 15.4. The normalized spacial score (nSPS) is 12.1. The number of halogens is 2. The maximum atomic E-state index is 12.9. The standard InChI is InChI=1S/C16H15BrFNO2/c1-10(11-4-6-14(18)7-5-11)19-9-13-3-2-12(16(20)21)8-15(13)17/h2-8,10,19H,9H2,1H3,(H,20,21)/t10-/m0/s1. The number of carbonyl (C=O) groups is 1. The van der Waals surface area contributed by atoms with E-state index >= 15 is 0 Å². The van der Waals surface area contributed by atoms with Crippen LogP contribution in [0.3, 0.4) is 0 Å². The first-order valence-electron chi connectivity index (χ1n) is 6.48. The van der Waals surface area contributed by atoms with Crippen LogP contribution < -0.4 is 5.32 Å². The third-order valence-electron chi connectivity index (χ3n) is 3.27. The molecule has 2 N–H and O–H groups in total. The van der Waals surface area contributed by atoms with Crippen molar-refractivity contribution in [2.75, 3.05) is 0 Å². The van der Waals surface area contributed by atoms with Gasteiger partial charge in [0.25, 0.3) is 0 Å². The van der Waals surface area contributed by atoms with Gasteiger partial charge in [0.15, 0.2) is 0 Å². The fraction of sp³-hybridized carbons (Fsp3) is 0.188. The summed E-state index contributed by atoms with van der Waals surface area (Å²) in [6, 6.07) is 11.4. The first kappa shape index (κ1) is 15.7. The van der Waals surface area contributed by atoms with Gasteiger partial charge in [0.1, 0.15) is 5.82 Å². The van der Waals surface area contributed by atoms with Crippen LogP contribution >= 0.6 is 15.9 Å². The highest BCUT2D eigenvalue weighted by atomic mass is 79.9. The van der Waals surface area contributed by atoms with Crippen molar-refractivity contribution in [2.45, 2.75) is 19.5 Å². The molecule has 21 heavy (non-hydrogen) atoms. The van der Waals surface area contributed by atoms with Gasteiger partial charge in [-0.15, -0.1) is 0 Å². The maximum absolute atomic E-state index is 12.9. The molecule has 0 aliphatic rings. The number of carboxylic acid groups (broad SMARTS) is 1. The van der Waals surface area contributed by atoms with E-state index in [2.05, 4.69) is 21.2 Å². The highest BCUT2D eigenvalue weighted by Gasteiger charge is 2.09. The summed E-state index contributed by atoms with van der Waals surface area (Å²) >= 11 is 3.38. The summed E-state index contributed by atoms with van der Waals surface area (Å²) in [6.07, 6.45) is 0. The van der Waals surface area contributed by atoms with E-state index in [4.69, 9.17) is 5.11 Å². The number of aromatic carboxylic acids is 1. The lowest BCUT2D eigenvalue weighted by atomic mass is 10.1. The second kappa shape index (κ2) is 6.83. The van der Waals surface area contributed by atoms with Crippen LogP contribution in [0.25, 0.3) is 0 Å². The average molecular weight is 352 g/mol. The van der Waals surface area contributed by atoms with E-state index in [1.54, 1.807) is 30.3 Å². The molecule has 5 heteroatoms. The van der Waals surface area contributed by atoms with Crippen molar-refractivity contribution in [3.8, 4) is 0 Å². The second-order valence-corrected chi connectivity index (χ2v) is 5.62. The zero-order valence-corrected chi connectivity index (χ0v) is 13.0. The molecule has 2 aromatic carbocycles. The summed E-state index contributed by atoms with van der Waals surface area (Å²) in [4.78, 5) is 10.9. The molecule has 0 unspecified atom stereocenters. The molecule has 0 saturated carbocycles. The molecule has 110 valence electrons. The quantitative estimate of drug-likeness (QED) is 0.851. The van der Waals surface area contributed by atoms with Gasteiger partial charge in [-0.05, 0) is 42.3 Å². The molecule has 0 radical (unpaired) electrons. The maximum Gasteiger partial charge on any atom is 0.335 e. The number of carboxylic acids is 1. The average Bonchev–Trinajstić information content (AvgIpc) is 2.46. The Morgan fingerprint density at radius 1 is 1.29 bits per heavy atom. The summed E-state index contributed by atoms with van der Waals surface area (Å²) in [7, 11) is 0. The highest BCUT2D eigenvalue weighted by molar-refractivity contribution is 9.10. The van der Waals surface area contributed by atoms with E-state index in [9.17, 15) is 9.18 Å². The smallest absolute Gasteiger partial charge is 0.335 e. The van der Waals surface area contributed by atoms with Crippen molar-refractivity contribution >= 4 is 21.9 Å². The summed E-state index contributed by atoms with van der Waals surface area (Å²) < 4.78 is 13.6. The lowest BCUT2D eigenvalue weighted by Crippen LogP contribution is -2.18. The molecule has 2 rings (SSSR count). The van der Waals surface area contributed by atoms with Gasteiger partial charge >= 0.3 is 5.97 Å². The van der Waals surface area contributed by atoms with Crippen molar-refractivity contribution in [2.24, 2.45) is 0 Å². The first-order valence-corrected chi connectivity index (χ1v) is 7.27. The molecule has 0 fully saturated rings. The first-order chi connectivity index (χ1) is 9.97. The van der Waals surface area contributed by atoms with Crippen molar-refractivity contribution in [3.05, 3.63) is 69.4 Å². The Bertz CT molecular complexity index is 643. The molecule has 0 heterocycles. The van der Waals surface area contributed by atoms with Crippen LogP contribution in [0.1, 0.15) is 34.5 Å². The fourth-order valence-electron chi connectivity index (χ4n) is 1.96. The second-order valence-electron chi connectivity index (χ2n) is 4.77. The van der Waals surface area contributed by atoms with E-state index in [0.717, 1.165) is 15.6 Å². The number of nitrogens with one attached hydrogen (secondary N) is 1. The minimum Gasteiger partial charge on any atom is -0.478 e. The molecule has 0 amide bonds. The van der Waals surface area contributed by atoms with Crippen LogP contribution in [0.4, 0.5) is 4.39 Å². The van der Waals surface area contributed by atoms with Crippen LogP contribution in [0.15, 0.2) is 46.9 Å². The molecule has 0 aromatic heterocycles. The Morgan fingerprint density at radius 3 is 2.52 bits per heavy atom. The monoisotopic (exact) mass is 351 g/mol. The molecule has 0 saturated heterocycles. The van der Waals surface area contributed by atoms with Gasteiger partial charge in [-0.3, -0.25) is 0 Å². The Balaban J connectivity index is 2.02. The van der Waals surface area contributed by atoms with E-state index in [0.29, 0.717) is 6.54 Å². The molecular weight excluding hydrogens is 337 g/mol. The van der Waals surface area contributed by atoms with Crippen LogP contribution in [0.2, 0.25) is 0 Å². The molecular formula is C16H15BrFNO2. The van der Waals surface area contributed by atoms with E-state index in [-0.39, 0.29) is 17.4 Å². The van der Waals surface area contributed by atoms with Crippen molar-refractivity contribution < 1.29 is 14.3 Å². The van der Waals surface area contributed by atoms with Gasteiger partial charge in [0, 0.05) is 17.1 Å². The summed E-state index contributed by atoms with van der Waals surface area (Å²) in [5.41, 5.74) is 2.21. The van der Waals surface area contributed by atoms with Gasteiger partial charge in [-0.1, -0.05) is 34.1 Å². The van der Waals surface area contributed by atoms with Gasteiger partial charge in [0.2, 0.25) is 0 Å². The predicted molar refractivity (Wildman–Crippen MR) is 82.8 cm³/mol. The van der Waals surface area contributed by atoms with Gasteiger partial charge in [-0.25, -0.2) is 9.18 Å². The number of hydrogen-bond acceptors (Lipinski definition) is 2. The summed E-state index contributed by atoms with van der Waals surface area (Å²) in [6.45, 7) is 2.58. The lowest BCUT2D eigenvalue weighted by Gasteiger charge is -2.15. The molecule has 0 spiro atoms. The molecule has 0 aliphatic heterocycles. The summed E-state index contributed by atoms with van der Waals surface area (Å²) in [5.74, 6) is -1.20.